The molecule has 0 aliphatic carbocycles. The predicted molar refractivity (Wildman–Crippen MR) is 181 cm³/mol. The molecular weight excluding hydrogens is 736 g/mol. The molecule has 0 spiro atoms. The SMILES string of the molecule is FC(F)(F)c1cccc(-c2ccc(-n3c4ccccc4c4cc(C(F)(F)F)ccc43)c(C(F)(F)F)c2-n2c3ccccc3c3cc(C(F)(F)F)ccc32)c1. The second kappa shape index (κ2) is 11.8. The summed E-state index contributed by atoms with van der Waals surface area (Å²) >= 11 is 0. The molecule has 54 heavy (non-hydrogen) atoms. The van der Waals surface area contributed by atoms with Crippen LogP contribution in [-0.4, -0.2) is 9.13 Å². The number of benzene rings is 6. The topological polar surface area (TPSA) is 9.86 Å². The minimum atomic E-state index is -5.31. The monoisotopic (exact) mass is 756 g/mol. The van der Waals surface area contributed by atoms with Crippen molar-refractivity contribution in [1.29, 1.82) is 0 Å². The summed E-state index contributed by atoms with van der Waals surface area (Å²) in [4.78, 5) is 0. The molecule has 2 nitrogen and oxygen atoms in total. The van der Waals surface area contributed by atoms with Gasteiger partial charge in [0.15, 0.2) is 0 Å². The van der Waals surface area contributed by atoms with Crippen LogP contribution in [0.25, 0.3) is 66.1 Å². The number of halogens is 12. The first-order chi connectivity index (χ1) is 25.3. The second-order valence-electron chi connectivity index (χ2n) is 12.6. The molecule has 0 bridgehead atoms. The van der Waals surface area contributed by atoms with E-state index in [1.54, 1.807) is 0 Å². The van der Waals surface area contributed by atoms with Crippen LogP contribution >= 0.6 is 0 Å². The quantitative estimate of drug-likeness (QED) is 0.159. The van der Waals surface area contributed by atoms with Gasteiger partial charge in [-0.05, 0) is 72.3 Å². The Balaban J connectivity index is 1.57. The number of rotatable bonds is 3. The lowest BCUT2D eigenvalue weighted by Gasteiger charge is -2.24. The molecule has 0 unspecified atom stereocenters. The lowest BCUT2D eigenvalue weighted by atomic mass is 9.95. The van der Waals surface area contributed by atoms with Crippen LogP contribution in [0.15, 0.2) is 121 Å². The molecule has 0 saturated carbocycles. The van der Waals surface area contributed by atoms with Gasteiger partial charge in [-0.1, -0.05) is 54.6 Å². The fourth-order valence-corrected chi connectivity index (χ4v) is 7.17. The largest absolute Gasteiger partial charge is 0.420 e. The Morgan fingerprint density at radius 3 is 1.33 bits per heavy atom. The molecule has 0 aliphatic heterocycles. The van der Waals surface area contributed by atoms with E-state index < -0.39 is 58.3 Å². The summed E-state index contributed by atoms with van der Waals surface area (Å²) in [6.07, 6.45) is -19.8. The molecule has 8 aromatic rings. The van der Waals surface area contributed by atoms with Crippen LogP contribution in [-0.2, 0) is 24.7 Å². The van der Waals surface area contributed by atoms with E-state index in [4.69, 9.17) is 0 Å². The van der Waals surface area contributed by atoms with Crippen molar-refractivity contribution in [2.24, 2.45) is 0 Å². The Morgan fingerprint density at radius 2 is 0.815 bits per heavy atom. The van der Waals surface area contributed by atoms with Crippen LogP contribution in [0.2, 0.25) is 0 Å². The molecule has 6 aromatic carbocycles. The molecule has 0 amide bonds. The first-order valence-corrected chi connectivity index (χ1v) is 16.0. The first-order valence-electron chi connectivity index (χ1n) is 16.0. The van der Waals surface area contributed by atoms with Gasteiger partial charge in [-0.3, -0.25) is 0 Å². The minimum Gasteiger partial charge on any atom is -0.309 e. The number of aromatic nitrogens is 2. The summed E-state index contributed by atoms with van der Waals surface area (Å²) < 4.78 is 175. The predicted octanol–water partition coefficient (Wildman–Crippen LogP) is 13.6. The summed E-state index contributed by atoms with van der Waals surface area (Å²) in [6.45, 7) is 0. The van der Waals surface area contributed by atoms with Gasteiger partial charge in [0, 0.05) is 27.1 Å². The van der Waals surface area contributed by atoms with Gasteiger partial charge in [-0.2, -0.15) is 52.7 Å². The molecule has 274 valence electrons. The third kappa shape index (κ3) is 5.62. The molecule has 0 saturated heterocycles. The van der Waals surface area contributed by atoms with Crippen molar-refractivity contribution in [2.75, 3.05) is 0 Å². The third-order valence-corrected chi connectivity index (χ3v) is 9.40. The zero-order chi connectivity index (χ0) is 38.5. The van der Waals surface area contributed by atoms with Gasteiger partial charge in [-0.15, -0.1) is 0 Å². The molecule has 0 aliphatic rings. The Labute approximate surface area is 296 Å². The van der Waals surface area contributed by atoms with Crippen molar-refractivity contribution >= 4 is 43.6 Å². The summed E-state index contributed by atoms with van der Waals surface area (Å²) in [5.41, 5.74) is -6.66. The van der Waals surface area contributed by atoms with Gasteiger partial charge in [0.2, 0.25) is 0 Å². The van der Waals surface area contributed by atoms with Gasteiger partial charge in [-0.25, -0.2) is 0 Å². The first kappa shape index (κ1) is 35.1. The summed E-state index contributed by atoms with van der Waals surface area (Å²) in [5, 5.41) is 0.217. The van der Waals surface area contributed by atoms with Crippen molar-refractivity contribution in [2.45, 2.75) is 24.7 Å². The van der Waals surface area contributed by atoms with E-state index in [-0.39, 0.29) is 54.7 Å². The second-order valence-corrected chi connectivity index (χ2v) is 12.6. The highest BCUT2D eigenvalue weighted by atomic mass is 19.4. The molecule has 0 fully saturated rings. The van der Waals surface area contributed by atoms with E-state index in [1.807, 2.05) is 0 Å². The Hall–Kier alpha value is -5.92. The summed E-state index contributed by atoms with van der Waals surface area (Å²) in [6, 6.07) is 22.5. The molecule has 14 heteroatoms. The Kier molecular flexibility index (Phi) is 7.67. The van der Waals surface area contributed by atoms with E-state index in [1.165, 1.54) is 60.7 Å². The third-order valence-electron chi connectivity index (χ3n) is 9.40. The van der Waals surface area contributed by atoms with Gasteiger partial charge in [0.05, 0.1) is 50.1 Å². The average molecular weight is 757 g/mol. The fraction of sp³-hybridized carbons (Fsp3) is 0.100. The fourth-order valence-electron chi connectivity index (χ4n) is 7.17. The smallest absolute Gasteiger partial charge is 0.309 e. The normalized spacial score (nSPS) is 13.2. The van der Waals surface area contributed by atoms with Gasteiger partial charge >= 0.3 is 24.7 Å². The van der Waals surface area contributed by atoms with Gasteiger partial charge in [0.1, 0.15) is 5.56 Å². The van der Waals surface area contributed by atoms with Crippen LogP contribution in [0, 0.1) is 0 Å². The van der Waals surface area contributed by atoms with Crippen molar-refractivity contribution in [3.8, 4) is 22.5 Å². The zero-order valence-corrected chi connectivity index (χ0v) is 27.0. The van der Waals surface area contributed by atoms with Crippen molar-refractivity contribution in [1.82, 2.24) is 9.13 Å². The maximum Gasteiger partial charge on any atom is 0.420 e. The van der Waals surface area contributed by atoms with Crippen molar-refractivity contribution in [3.05, 3.63) is 144 Å². The van der Waals surface area contributed by atoms with Crippen LogP contribution < -0.4 is 0 Å². The number of hydrogen-bond acceptors (Lipinski definition) is 0. The molecule has 0 radical (unpaired) electrons. The summed E-state index contributed by atoms with van der Waals surface area (Å²) in [5.74, 6) is 0. The molecule has 2 heterocycles. The molecule has 8 rings (SSSR count). The number of alkyl halides is 12. The minimum absolute atomic E-state index is 0.0136. The van der Waals surface area contributed by atoms with E-state index >= 15 is 13.2 Å². The van der Waals surface area contributed by atoms with E-state index in [2.05, 4.69) is 0 Å². The number of fused-ring (bicyclic) bond motifs is 6. The van der Waals surface area contributed by atoms with Crippen LogP contribution in [0.5, 0.6) is 0 Å². The van der Waals surface area contributed by atoms with Crippen molar-refractivity contribution < 1.29 is 52.7 Å². The summed E-state index contributed by atoms with van der Waals surface area (Å²) in [7, 11) is 0. The van der Waals surface area contributed by atoms with Crippen LogP contribution in [0.4, 0.5) is 52.7 Å². The molecular formula is C40H20F12N2. The maximum absolute atomic E-state index is 16.0. The zero-order valence-electron chi connectivity index (χ0n) is 27.0. The van der Waals surface area contributed by atoms with E-state index in [0.29, 0.717) is 12.1 Å². The average Bonchev–Trinajstić information content (AvgIpc) is 3.62. The highest BCUT2D eigenvalue weighted by Gasteiger charge is 2.41. The molecule has 0 N–H and O–H groups in total. The maximum atomic E-state index is 16.0. The van der Waals surface area contributed by atoms with Crippen LogP contribution in [0.3, 0.4) is 0 Å². The van der Waals surface area contributed by atoms with Crippen molar-refractivity contribution in [3.63, 3.8) is 0 Å². The standard InChI is InChI=1S/C40H20F12N2/c41-37(42,43)22-7-5-6-21(18-22)25-14-17-34(53-30-10-3-1-8-26(30)28-19-23(38(44,45)46)12-15-32(28)53)35(40(50,51)52)36(25)54-31-11-4-2-9-27(31)29-20-24(39(47,48)49)13-16-33(29)54/h1-20H. The highest BCUT2D eigenvalue weighted by molar-refractivity contribution is 6.11. The number of hydrogen-bond donors (Lipinski definition) is 0. The molecule has 2 aromatic heterocycles. The Morgan fingerprint density at radius 1 is 0.352 bits per heavy atom. The van der Waals surface area contributed by atoms with Gasteiger partial charge < -0.3 is 9.13 Å². The highest BCUT2D eigenvalue weighted by Crippen LogP contribution is 2.49. The Bertz CT molecular complexity index is 2780. The lowest BCUT2D eigenvalue weighted by molar-refractivity contribution is -0.138. The number of para-hydroxylation sites is 2. The number of nitrogens with zero attached hydrogens (tertiary/aromatic N) is 2. The van der Waals surface area contributed by atoms with E-state index in [0.717, 1.165) is 57.7 Å². The van der Waals surface area contributed by atoms with Crippen LogP contribution in [0.1, 0.15) is 22.3 Å². The van der Waals surface area contributed by atoms with Gasteiger partial charge in [0.25, 0.3) is 0 Å². The lowest BCUT2D eigenvalue weighted by Crippen LogP contribution is -2.17. The molecule has 0 atom stereocenters. The van der Waals surface area contributed by atoms with E-state index in [9.17, 15) is 39.5 Å².